The van der Waals surface area contributed by atoms with Gasteiger partial charge in [-0.25, -0.2) is 4.39 Å². The van der Waals surface area contributed by atoms with Gasteiger partial charge < -0.3 is 5.73 Å². The van der Waals surface area contributed by atoms with E-state index in [0.717, 1.165) is 22.6 Å². The lowest BCUT2D eigenvalue weighted by atomic mass is 10.1. The number of hydrogen-bond acceptors (Lipinski definition) is 2. The van der Waals surface area contributed by atoms with Crippen LogP contribution in [0.5, 0.6) is 0 Å². The first-order chi connectivity index (χ1) is 9.19. The van der Waals surface area contributed by atoms with Gasteiger partial charge in [0.15, 0.2) is 0 Å². The Balaban J connectivity index is 1.96. The van der Waals surface area contributed by atoms with Crippen LogP contribution < -0.4 is 5.73 Å². The van der Waals surface area contributed by atoms with E-state index in [-0.39, 0.29) is 5.82 Å². The summed E-state index contributed by atoms with van der Waals surface area (Å²) in [6.45, 7) is 2.50. The number of nitrogens with two attached hydrogens (primary N) is 1. The van der Waals surface area contributed by atoms with Crippen LogP contribution in [-0.4, -0.2) is 0 Å². The van der Waals surface area contributed by atoms with Crippen molar-refractivity contribution in [1.29, 1.82) is 0 Å². The molecule has 1 nitrogen and oxygen atoms in total. The number of halogens is 1. The predicted octanol–water partition coefficient (Wildman–Crippen LogP) is 4.03. The SMILES string of the molecule is Cc1ccccc1CSCc1cc(F)cc(CN)c1. The third-order valence-electron chi connectivity index (χ3n) is 3.04. The van der Waals surface area contributed by atoms with Crippen LogP contribution >= 0.6 is 11.8 Å². The smallest absolute Gasteiger partial charge is 0.123 e. The third-order valence-corrected chi connectivity index (χ3v) is 4.09. The molecule has 0 saturated carbocycles. The summed E-state index contributed by atoms with van der Waals surface area (Å²) >= 11 is 1.79. The molecule has 0 unspecified atom stereocenters. The van der Waals surface area contributed by atoms with E-state index in [1.807, 2.05) is 12.1 Å². The largest absolute Gasteiger partial charge is 0.326 e. The van der Waals surface area contributed by atoms with E-state index in [1.54, 1.807) is 17.8 Å². The van der Waals surface area contributed by atoms with Gasteiger partial charge in [-0.2, -0.15) is 11.8 Å². The van der Waals surface area contributed by atoms with Gasteiger partial charge in [-0.15, -0.1) is 0 Å². The summed E-state index contributed by atoms with van der Waals surface area (Å²) in [5.74, 6) is 1.55. The molecule has 0 aliphatic rings. The highest BCUT2D eigenvalue weighted by atomic mass is 32.2. The molecule has 0 fully saturated rings. The van der Waals surface area contributed by atoms with Crippen molar-refractivity contribution in [2.45, 2.75) is 25.0 Å². The van der Waals surface area contributed by atoms with Crippen LogP contribution in [0.3, 0.4) is 0 Å². The van der Waals surface area contributed by atoms with Crippen molar-refractivity contribution in [2.24, 2.45) is 5.73 Å². The lowest BCUT2D eigenvalue weighted by molar-refractivity contribution is 0.624. The summed E-state index contributed by atoms with van der Waals surface area (Å²) in [6.07, 6.45) is 0. The summed E-state index contributed by atoms with van der Waals surface area (Å²) in [7, 11) is 0. The standard InChI is InChI=1S/C16H18FNS/c1-12-4-2-3-5-15(12)11-19-10-14-6-13(9-18)7-16(17)8-14/h2-8H,9-11,18H2,1H3. The van der Waals surface area contributed by atoms with Gasteiger partial charge in [-0.1, -0.05) is 30.3 Å². The fraction of sp³-hybridized carbons (Fsp3) is 0.250. The Bertz CT molecular complexity index is 554. The molecule has 0 spiro atoms. The second-order valence-electron chi connectivity index (χ2n) is 4.59. The van der Waals surface area contributed by atoms with E-state index in [0.29, 0.717) is 6.54 Å². The molecule has 19 heavy (non-hydrogen) atoms. The zero-order valence-electron chi connectivity index (χ0n) is 11.0. The van der Waals surface area contributed by atoms with E-state index in [4.69, 9.17) is 5.73 Å². The van der Waals surface area contributed by atoms with Gasteiger partial charge in [-0.05, 0) is 41.3 Å². The quantitative estimate of drug-likeness (QED) is 0.891. The van der Waals surface area contributed by atoms with E-state index < -0.39 is 0 Å². The molecule has 3 heteroatoms. The predicted molar refractivity (Wildman–Crippen MR) is 80.5 cm³/mol. The first-order valence-corrected chi connectivity index (χ1v) is 7.45. The van der Waals surface area contributed by atoms with Gasteiger partial charge in [0.25, 0.3) is 0 Å². The Morgan fingerprint density at radius 1 is 1.05 bits per heavy atom. The van der Waals surface area contributed by atoms with Crippen molar-refractivity contribution in [3.8, 4) is 0 Å². The van der Waals surface area contributed by atoms with Crippen LogP contribution in [-0.2, 0) is 18.1 Å². The van der Waals surface area contributed by atoms with Crippen molar-refractivity contribution in [3.63, 3.8) is 0 Å². The maximum atomic E-state index is 13.4. The van der Waals surface area contributed by atoms with Gasteiger partial charge in [0.05, 0.1) is 0 Å². The van der Waals surface area contributed by atoms with E-state index in [1.165, 1.54) is 17.2 Å². The minimum atomic E-state index is -0.200. The molecule has 2 aromatic carbocycles. The van der Waals surface area contributed by atoms with Gasteiger partial charge in [0.1, 0.15) is 5.82 Å². The minimum absolute atomic E-state index is 0.200. The van der Waals surface area contributed by atoms with Crippen LogP contribution in [0.25, 0.3) is 0 Å². The number of thioether (sulfide) groups is 1. The maximum Gasteiger partial charge on any atom is 0.123 e. The Morgan fingerprint density at radius 3 is 2.53 bits per heavy atom. The van der Waals surface area contributed by atoms with Crippen LogP contribution in [0, 0.1) is 12.7 Å². The van der Waals surface area contributed by atoms with Crippen LogP contribution in [0.1, 0.15) is 22.3 Å². The van der Waals surface area contributed by atoms with Crippen molar-refractivity contribution in [2.75, 3.05) is 0 Å². The Kier molecular flexibility index (Phi) is 5.00. The summed E-state index contributed by atoms with van der Waals surface area (Å²) in [5.41, 5.74) is 10.0. The summed E-state index contributed by atoms with van der Waals surface area (Å²) in [5, 5.41) is 0. The molecule has 0 aromatic heterocycles. The van der Waals surface area contributed by atoms with Crippen LogP contribution in [0.2, 0.25) is 0 Å². The van der Waals surface area contributed by atoms with Gasteiger partial charge in [0, 0.05) is 18.1 Å². The van der Waals surface area contributed by atoms with Crippen molar-refractivity contribution in [1.82, 2.24) is 0 Å². The number of hydrogen-bond donors (Lipinski definition) is 1. The molecule has 2 rings (SSSR count). The molecule has 0 aliphatic carbocycles. The zero-order chi connectivity index (χ0) is 13.7. The Hall–Kier alpha value is -1.32. The molecule has 0 amide bonds. The topological polar surface area (TPSA) is 26.0 Å². The van der Waals surface area contributed by atoms with Crippen molar-refractivity contribution in [3.05, 3.63) is 70.5 Å². The molecule has 0 radical (unpaired) electrons. The number of benzene rings is 2. The van der Waals surface area contributed by atoms with E-state index in [9.17, 15) is 4.39 Å². The van der Waals surface area contributed by atoms with Crippen LogP contribution in [0.15, 0.2) is 42.5 Å². The monoisotopic (exact) mass is 275 g/mol. The number of rotatable bonds is 5. The fourth-order valence-corrected chi connectivity index (χ4v) is 3.02. The summed E-state index contributed by atoms with van der Waals surface area (Å²) in [6, 6.07) is 13.4. The van der Waals surface area contributed by atoms with Gasteiger partial charge in [-0.3, -0.25) is 0 Å². The highest BCUT2D eigenvalue weighted by Crippen LogP contribution is 2.21. The normalized spacial score (nSPS) is 10.7. The molecule has 0 saturated heterocycles. The van der Waals surface area contributed by atoms with Crippen LogP contribution in [0.4, 0.5) is 4.39 Å². The third kappa shape index (κ3) is 4.08. The lowest BCUT2D eigenvalue weighted by Crippen LogP contribution is -1.98. The first kappa shape index (κ1) is 14.1. The molecule has 2 aromatic rings. The zero-order valence-corrected chi connectivity index (χ0v) is 11.8. The minimum Gasteiger partial charge on any atom is -0.326 e. The molecule has 100 valence electrons. The average molecular weight is 275 g/mol. The molecule has 0 bridgehead atoms. The number of aryl methyl sites for hydroxylation is 1. The second-order valence-corrected chi connectivity index (χ2v) is 5.58. The Morgan fingerprint density at radius 2 is 1.79 bits per heavy atom. The molecule has 2 N–H and O–H groups in total. The lowest BCUT2D eigenvalue weighted by Gasteiger charge is -2.07. The average Bonchev–Trinajstić information content (AvgIpc) is 2.40. The fourth-order valence-electron chi connectivity index (χ4n) is 1.97. The molecular weight excluding hydrogens is 257 g/mol. The Labute approximate surface area is 118 Å². The molecule has 0 atom stereocenters. The van der Waals surface area contributed by atoms with Gasteiger partial charge in [0.2, 0.25) is 0 Å². The summed E-state index contributed by atoms with van der Waals surface area (Å²) in [4.78, 5) is 0. The maximum absolute atomic E-state index is 13.4. The molecule has 0 heterocycles. The second kappa shape index (κ2) is 6.73. The van der Waals surface area contributed by atoms with Crippen molar-refractivity contribution >= 4 is 11.8 Å². The van der Waals surface area contributed by atoms with E-state index >= 15 is 0 Å². The summed E-state index contributed by atoms with van der Waals surface area (Å²) < 4.78 is 13.4. The van der Waals surface area contributed by atoms with E-state index in [2.05, 4.69) is 25.1 Å². The van der Waals surface area contributed by atoms with Crippen molar-refractivity contribution < 1.29 is 4.39 Å². The molecule has 0 aliphatic heterocycles. The molecular formula is C16H18FNS. The first-order valence-electron chi connectivity index (χ1n) is 6.29. The highest BCUT2D eigenvalue weighted by Gasteiger charge is 2.02. The van der Waals surface area contributed by atoms with Gasteiger partial charge >= 0.3 is 0 Å². The highest BCUT2D eigenvalue weighted by molar-refractivity contribution is 7.97.